The Labute approximate surface area is 183 Å². The van der Waals surface area contributed by atoms with Gasteiger partial charge in [0.15, 0.2) is 0 Å². The molecule has 1 aliphatic heterocycles. The fraction of sp³-hybridized carbons (Fsp3) is 0.167. The highest BCUT2D eigenvalue weighted by molar-refractivity contribution is 6.51. The number of nitrogens with zero attached hydrogens (tertiary/aromatic N) is 1. The molecule has 31 heavy (non-hydrogen) atoms. The Hall–Kier alpha value is -3.35. The Balaban J connectivity index is 1.77. The highest BCUT2D eigenvalue weighted by Gasteiger charge is 2.35. The lowest BCUT2D eigenvalue weighted by atomic mass is 9.95. The smallest absolute Gasteiger partial charge is 0.259 e. The molecule has 2 amide bonds. The Kier molecular flexibility index (Phi) is 4.88. The first-order chi connectivity index (χ1) is 15.1. The molecule has 0 radical (unpaired) electrons. The molecule has 3 heterocycles. The first-order valence-electron chi connectivity index (χ1n) is 10.2. The summed E-state index contributed by atoms with van der Waals surface area (Å²) in [5.74, 6) is -0.799. The van der Waals surface area contributed by atoms with E-state index in [-0.39, 0.29) is 0 Å². The predicted molar refractivity (Wildman–Crippen MR) is 124 cm³/mol. The van der Waals surface area contributed by atoms with Crippen molar-refractivity contribution in [3.63, 3.8) is 0 Å². The van der Waals surface area contributed by atoms with Gasteiger partial charge in [0, 0.05) is 46.4 Å². The molecule has 156 valence electrons. The molecular formula is C24H21ClN4O2. The summed E-state index contributed by atoms with van der Waals surface area (Å²) in [4.78, 5) is 29.1. The van der Waals surface area contributed by atoms with E-state index in [9.17, 15) is 9.59 Å². The number of carbonyl (C=O) groups excluding carboxylic acids is 2. The number of imide groups is 1. The third-order valence-electron chi connectivity index (χ3n) is 5.74. The molecule has 0 saturated heterocycles. The summed E-state index contributed by atoms with van der Waals surface area (Å²) in [7, 11) is 1.92. The molecule has 0 spiro atoms. The van der Waals surface area contributed by atoms with E-state index in [1.807, 2.05) is 55.7 Å². The van der Waals surface area contributed by atoms with Crippen molar-refractivity contribution < 1.29 is 9.59 Å². The number of hydrogen-bond donors (Lipinski definition) is 3. The molecular weight excluding hydrogens is 412 g/mol. The maximum atomic E-state index is 13.0. The predicted octanol–water partition coefficient (Wildman–Crippen LogP) is 3.95. The summed E-state index contributed by atoms with van der Waals surface area (Å²) in [6, 6.07) is 13.4. The normalized spacial score (nSPS) is 14.3. The quantitative estimate of drug-likeness (QED) is 0.319. The van der Waals surface area contributed by atoms with E-state index < -0.39 is 11.8 Å². The molecule has 6 nitrogen and oxygen atoms in total. The molecule has 1 aliphatic rings. The number of amides is 2. The Morgan fingerprint density at radius 2 is 1.77 bits per heavy atom. The largest absolute Gasteiger partial charge is 0.361 e. The van der Waals surface area contributed by atoms with Crippen LogP contribution in [0.5, 0.6) is 0 Å². The molecule has 3 N–H and O–H groups in total. The van der Waals surface area contributed by atoms with Gasteiger partial charge in [0.1, 0.15) is 0 Å². The van der Waals surface area contributed by atoms with E-state index in [2.05, 4.69) is 20.2 Å². The minimum atomic E-state index is -0.403. The summed E-state index contributed by atoms with van der Waals surface area (Å²) in [5.41, 5.74) is 3.96. The first-order valence-corrected chi connectivity index (χ1v) is 10.6. The zero-order chi connectivity index (χ0) is 21.5. The van der Waals surface area contributed by atoms with Crippen LogP contribution in [-0.2, 0) is 16.1 Å². The number of aromatic amines is 1. The SMILES string of the molecule is CNCCCn1cc(C2=C(c3c[nH]c4ccccc34)C(=O)NC2=O)c2c(Cl)cccc21. The molecule has 7 heteroatoms. The van der Waals surface area contributed by atoms with Crippen molar-refractivity contribution in [3.05, 3.63) is 71.0 Å². The van der Waals surface area contributed by atoms with Gasteiger partial charge in [-0.3, -0.25) is 14.9 Å². The van der Waals surface area contributed by atoms with Gasteiger partial charge in [-0.15, -0.1) is 0 Å². The minimum Gasteiger partial charge on any atom is -0.361 e. The Bertz CT molecular complexity index is 1380. The lowest BCUT2D eigenvalue weighted by Crippen LogP contribution is -2.22. The van der Waals surface area contributed by atoms with Crippen molar-refractivity contribution in [2.45, 2.75) is 13.0 Å². The van der Waals surface area contributed by atoms with E-state index >= 15 is 0 Å². The van der Waals surface area contributed by atoms with Gasteiger partial charge in [-0.05, 0) is 38.2 Å². The summed E-state index contributed by atoms with van der Waals surface area (Å²) in [6.07, 6.45) is 4.65. The average Bonchev–Trinajstić information content (AvgIpc) is 3.42. The van der Waals surface area contributed by atoms with Crippen LogP contribution in [0, 0.1) is 0 Å². The number of fused-ring (bicyclic) bond motifs is 2. The number of benzene rings is 2. The molecule has 0 saturated carbocycles. The molecule has 0 aliphatic carbocycles. The number of rotatable bonds is 6. The number of nitrogens with one attached hydrogen (secondary N) is 3. The van der Waals surface area contributed by atoms with Crippen molar-refractivity contribution in [1.29, 1.82) is 0 Å². The van der Waals surface area contributed by atoms with Crippen molar-refractivity contribution in [2.75, 3.05) is 13.6 Å². The third-order valence-corrected chi connectivity index (χ3v) is 6.06. The van der Waals surface area contributed by atoms with Gasteiger partial charge in [0.25, 0.3) is 11.8 Å². The number of para-hydroxylation sites is 1. The van der Waals surface area contributed by atoms with E-state index in [1.54, 1.807) is 6.20 Å². The van der Waals surface area contributed by atoms with Crippen LogP contribution in [0.2, 0.25) is 5.02 Å². The third kappa shape index (κ3) is 3.15. The van der Waals surface area contributed by atoms with Crippen molar-refractivity contribution in [1.82, 2.24) is 20.2 Å². The molecule has 5 rings (SSSR count). The van der Waals surface area contributed by atoms with Gasteiger partial charge in [-0.1, -0.05) is 35.9 Å². The van der Waals surface area contributed by atoms with Gasteiger partial charge in [0.2, 0.25) is 0 Å². The number of aryl methyl sites for hydroxylation is 1. The topological polar surface area (TPSA) is 78.9 Å². The van der Waals surface area contributed by atoms with Crippen LogP contribution >= 0.6 is 11.6 Å². The second kappa shape index (κ2) is 7.72. The molecule has 0 bridgehead atoms. The summed E-state index contributed by atoms with van der Waals surface area (Å²) < 4.78 is 2.10. The lowest BCUT2D eigenvalue weighted by molar-refractivity contribution is -0.122. The zero-order valence-electron chi connectivity index (χ0n) is 17.0. The molecule has 0 unspecified atom stereocenters. The van der Waals surface area contributed by atoms with E-state index in [0.717, 1.165) is 41.3 Å². The van der Waals surface area contributed by atoms with E-state index in [4.69, 9.17) is 11.6 Å². The highest BCUT2D eigenvalue weighted by Crippen LogP contribution is 2.40. The second-order valence-electron chi connectivity index (χ2n) is 7.61. The average molecular weight is 433 g/mol. The first kappa shape index (κ1) is 19.6. The summed E-state index contributed by atoms with van der Waals surface area (Å²) >= 11 is 6.60. The molecule has 0 fully saturated rings. The van der Waals surface area contributed by atoms with Gasteiger partial charge >= 0.3 is 0 Å². The Morgan fingerprint density at radius 3 is 2.58 bits per heavy atom. The second-order valence-corrected chi connectivity index (χ2v) is 8.02. The molecule has 0 atom stereocenters. The lowest BCUT2D eigenvalue weighted by Gasteiger charge is -2.05. The van der Waals surface area contributed by atoms with Gasteiger partial charge in [0.05, 0.1) is 21.7 Å². The van der Waals surface area contributed by atoms with Crippen LogP contribution < -0.4 is 10.6 Å². The molecule has 4 aromatic rings. The van der Waals surface area contributed by atoms with Crippen LogP contribution in [0.1, 0.15) is 17.5 Å². The standard InChI is InChI=1S/C24H21ClN4O2/c1-26-10-5-11-29-13-16(20-17(25)7-4-9-19(20)29)22-21(23(30)28-24(22)31)15-12-27-18-8-3-2-6-14(15)18/h2-4,6-9,12-13,26-27H,5,10-11H2,1H3,(H,28,30,31). The highest BCUT2D eigenvalue weighted by atomic mass is 35.5. The molecule has 2 aromatic carbocycles. The maximum absolute atomic E-state index is 13.0. The van der Waals surface area contributed by atoms with Crippen molar-refractivity contribution in [2.24, 2.45) is 0 Å². The number of aromatic nitrogens is 2. The number of H-pyrrole nitrogens is 1. The van der Waals surface area contributed by atoms with Gasteiger partial charge in [-0.2, -0.15) is 0 Å². The van der Waals surface area contributed by atoms with Crippen molar-refractivity contribution in [3.8, 4) is 0 Å². The van der Waals surface area contributed by atoms with Crippen LogP contribution in [0.3, 0.4) is 0 Å². The minimum absolute atomic E-state index is 0.361. The maximum Gasteiger partial charge on any atom is 0.259 e. The fourth-order valence-electron chi connectivity index (χ4n) is 4.36. The van der Waals surface area contributed by atoms with E-state index in [1.165, 1.54) is 0 Å². The van der Waals surface area contributed by atoms with Gasteiger partial charge < -0.3 is 14.9 Å². The van der Waals surface area contributed by atoms with Gasteiger partial charge in [-0.25, -0.2) is 0 Å². The number of hydrogen-bond acceptors (Lipinski definition) is 3. The Morgan fingerprint density at radius 1 is 1.00 bits per heavy atom. The fourth-order valence-corrected chi connectivity index (χ4v) is 4.63. The van der Waals surface area contributed by atoms with Crippen LogP contribution in [0.15, 0.2) is 54.9 Å². The molecule has 2 aromatic heterocycles. The van der Waals surface area contributed by atoms with Crippen LogP contribution in [0.4, 0.5) is 0 Å². The summed E-state index contributed by atoms with van der Waals surface area (Å²) in [6.45, 7) is 1.64. The van der Waals surface area contributed by atoms with E-state index in [0.29, 0.717) is 27.3 Å². The number of carbonyl (C=O) groups is 2. The van der Waals surface area contributed by atoms with Crippen molar-refractivity contribution >= 4 is 56.4 Å². The number of halogens is 1. The van der Waals surface area contributed by atoms with Crippen LogP contribution in [-0.4, -0.2) is 35.0 Å². The monoisotopic (exact) mass is 432 g/mol. The van der Waals surface area contributed by atoms with Crippen LogP contribution in [0.25, 0.3) is 33.0 Å². The zero-order valence-corrected chi connectivity index (χ0v) is 17.7. The summed E-state index contributed by atoms with van der Waals surface area (Å²) in [5, 5.41) is 7.87.